The third-order valence-electron chi connectivity index (χ3n) is 7.79. The molecule has 47 heavy (non-hydrogen) atoms. The first-order valence-electron chi connectivity index (χ1n) is 15.6. The number of fused-ring (bicyclic) bond motifs is 1. The number of halogens is 1. The second-order valence-electron chi connectivity index (χ2n) is 11.3. The van der Waals surface area contributed by atoms with Crippen LogP contribution in [0, 0.1) is 5.82 Å². The number of nitrogens with one attached hydrogen (secondary N) is 2. The lowest BCUT2D eigenvalue weighted by molar-refractivity contribution is 0.0509. The van der Waals surface area contributed by atoms with Gasteiger partial charge in [-0.3, -0.25) is 4.79 Å². The molecular weight excluding hydrogens is 627 g/mol. The standard InChI is InChI=1S/C35H39FN2O8S/c1-3-45-35(40)26-6-4-5-23(19-26)13-15-43-17-18-44-16-14-38-47(41,42)22-27-20-31-30(21-29(27)24-7-8-24)32(34(39)37-2)33(46-31)25-9-11-28(36)12-10-25/h4-6,9-12,19-21,24,38H,3,7-8,13-18,22H2,1-2H3,(H,37,39). The minimum Gasteiger partial charge on any atom is -0.462 e. The molecule has 2 N–H and O–H groups in total. The van der Waals surface area contributed by atoms with E-state index in [9.17, 15) is 22.4 Å². The van der Waals surface area contributed by atoms with Gasteiger partial charge in [0.15, 0.2) is 0 Å². The Morgan fingerprint density at radius 2 is 1.72 bits per heavy atom. The molecule has 0 aliphatic heterocycles. The van der Waals surface area contributed by atoms with Crippen molar-refractivity contribution in [1.29, 1.82) is 0 Å². The Labute approximate surface area is 273 Å². The Hall–Kier alpha value is -4.10. The zero-order valence-corrected chi connectivity index (χ0v) is 27.3. The first-order valence-corrected chi connectivity index (χ1v) is 17.3. The summed E-state index contributed by atoms with van der Waals surface area (Å²) in [7, 11) is -2.19. The molecule has 250 valence electrons. The number of hydrogen-bond donors (Lipinski definition) is 2. The van der Waals surface area contributed by atoms with Gasteiger partial charge in [0.25, 0.3) is 5.91 Å². The van der Waals surface area contributed by atoms with Gasteiger partial charge in [0, 0.05) is 24.5 Å². The molecule has 1 aliphatic carbocycles. The number of carbonyl (C=O) groups excluding carboxylic acids is 2. The van der Waals surface area contributed by atoms with Crippen LogP contribution in [0.3, 0.4) is 0 Å². The molecule has 0 spiro atoms. The fraction of sp³-hybridized carbons (Fsp3) is 0.371. The third kappa shape index (κ3) is 9.04. The highest BCUT2D eigenvalue weighted by Crippen LogP contribution is 2.45. The summed E-state index contributed by atoms with van der Waals surface area (Å²) in [6.07, 6.45) is 2.49. The van der Waals surface area contributed by atoms with Gasteiger partial charge in [0.1, 0.15) is 17.2 Å². The van der Waals surface area contributed by atoms with Crippen molar-refractivity contribution in [2.45, 2.75) is 37.9 Å². The molecule has 1 saturated carbocycles. The maximum Gasteiger partial charge on any atom is 0.338 e. The topological polar surface area (TPSA) is 133 Å². The molecule has 5 rings (SSSR count). The largest absolute Gasteiger partial charge is 0.462 e. The number of amides is 1. The van der Waals surface area contributed by atoms with Crippen molar-refractivity contribution in [2.24, 2.45) is 0 Å². The number of hydrogen-bond acceptors (Lipinski definition) is 8. The van der Waals surface area contributed by atoms with Crippen LogP contribution in [0.4, 0.5) is 4.39 Å². The highest BCUT2D eigenvalue weighted by molar-refractivity contribution is 7.88. The molecule has 0 saturated heterocycles. The fourth-order valence-electron chi connectivity index (χ4n) is 5.36. The minimum absolute atomic E-state index is 0.0975. The number of furan rings is 1. The molecule has 4 aromatic rings. The highest BCUT2D eigenvalue weighted by Gasteiger charge is 2.31. The molecule has 1 amide bonds. The number of carbonyl (C=O) groups is 2. The van der Waals surface area contributed by atoms with Gasteiger partial charge in [-0.15, -0.1) is 0 Å². The van der Waals surface area contributed by atoms with E-state index in [4.69, 9.17) is 18.6 Å². The Balaban J connectivity index is 1.13. The van der Waals surface area contributed by atoms with E-state index in [-0.39, 0.29) is 36.7 Å². The quantitative estimate of drug-likeness (QED) is 0.114. The number of esters is 1. The van der Waals surface area contributed by atoms with Crippen molar-refractivity contribution in [1.82, 2.24) is 10.0 Å². The number of benzene rings is 3. The van der Waals surface area contributed by atoms with Gasteiger partial charge in [-0.05, 0) is 97.3 Å². The number of ether oxygens (including phenoxy) is 3. The highest BCUT2D eigenvalue weighted by atomic mass is 32.2. The van der Waals surface area contributed by atoms with E-state index in [2.05, 4.69) is 10.0 Å². The second kappa shape index (κ2) is 15.7. The Morgan fingerprint density at radius 1 is 0.979 bits per heavy atom. The van der Waals surface area contributed by atoms with Gasteiger partial charge in [-0.2, -0.15) is 0 Å². The summed E-state index contributed by atoms with van der Waals surface area (Å²) in [5, 5.41) is 3.23. The van der Waals surface area contributed by atoms with E-state index in [1.54, 1.807) is 37.3 Å². The van der Waals surface area contributed by atoms with Gasteiger partial charge in [0.2, 0.25) is 10.0 Å². The summed E-state index contributed by atoms with van der Waals surface area (Å²) in [4.78, 5) is 24.8. The van der Waals surface area contributed by atoms with Gasteiger partial charge in [-0.1, -0.05) is 12.1 Å². The van der Waals surface area contributed by atoms with E-state index >= 15 is 0 Å². The molecule has 1 aliphatic rings. The average molecular weight is 667 g/mol. The molecule has 3 aromatic carbocycles. The van der Waals surface area contributed by atoms with E-state index in [1.807, 2.05) is 18.2 Å². The second-order valence-corrected chi connectivity index (χ2v) is 13.1. The van der Waals surface area contributed by atoms with E-state index in [0.717, 1.165) is 24.0 Å². The zero-order chi connectivity index (χ0) is 33.4. The van der Waals surface area contributed by atoms with E-state index < -0.39 is 15.8 Å². The van der Waals surface area contributed by atoms with Crippen LogP contribution in [-0.2, 0) is 36.4 Å². The van der Waals surface area contributed by atoms with Crippen molar-refractivity contribution >= 4 is 32.9 Å². The first kappa shape index (κ1) is 34.2. The normalized spacial score (nSPS) is 13.2. The van der Waals surface area contributed by atoms with E-state index in [0.29, 0.717) is 71.8 Å². The molecule has 1 fully saturated rings. The van der Waals surface area contributed by atoms with Crippen LogP contribution in [0.2, 0.25) is 0 Å². The molecule has 0 unspecified atom stereocenters. The summed E-state index contributed by atoms with van der Waals surface area (Å²) >= 11 is 0. The zero-order valence-electron chi connectivity index (χ0n) is 26.5. The first-order chi connectivity index (χ1) is 22.7. The van der Waals surface area contributed by atoms with Crippen molar-refractivity contribution < 1.29 is 41.0 Å². The van der Waals surface area contributed by atoms with Crippen LogP contribution in [0.15, 0.2) is 65.1 Å². The third-order valence-corrected chi connectivity index (χ3v) is 9.12. The predicted octanol–water partition coefficient (Wildman–Crippen LogP) is 5.35. The maximum absolute atomic E-state index is 13.6. The smallest absolute Gasteiger partial charge is 0.338 e. The molecule has 12 heteroatoms. The molecule has 1 heterocycles. The molecule has 0 atom stereocenters. The van der Waals surface area contributed by atoms with Crippen LogP contribution in [0.25, 0.3) is 22.3 Å². The maximum atomic E-state index is 13.6. The monoisotopic (exact) mass is 666 g/mol. The lowest BCUT2D eigenvalue weighted by Gasteiger charge is -2.12. The fourth-order valence-corrected chi connectivity index (χ4v) is 6.52. The van der Waals surface area contributed by atoms with Gasteiger partial charge in [0.05, 0.1) is 49.9 Å². The minimum atomic E-state index is -3.72. The summed E-state index contributed by atoms with van der Waals surface area (Å²) in [6.45, 7) is 3.45. The molecule has 0 radical (unpaired) electrons. The SMILES string of the molecule is CCOC(=O)c1cccc(CCOCCOCCNS(=O)(=O)Cc2cc3oc(-c4ccc(F)cc4)c(C(=O)NC)c3cc2C2CC2)c1. The van der Waals surface area contributed by atoms with Crippen molar-refractivity contribution in [3.05, 3.63) is 94.3 Å². The Bertz CT molecular complexity index is 1820. The van der Waals surface area contributed by atoms with Crippen molar-refractivity contribution in [2.75, 3.05) is 46.6 Å². The molecule has 10 nitrogen and oxygen atoms in total. The van der Waals surface area contributed by atoms with Crippen molar-refractivity contribution in [3.8, 4) is 11.3 Å². The summed E-state index contributed by atoms with van der Waals surface area (Å²) in [5.41, 5.74) is 4.20. The van der Waals surface area contributed by atoms with Crippen LogP contribution in [0.5, 0.6) is 0 Å². The number of sulfonamides is 1. The predicted molar refractivity (Wildman–Crippen MR) is 175 cm³/mol. The Morgan fingerprint density at radius 3 is 2.43 bits per heavy atom. The van der Waals surface area contributed by atoms with Crippen LogP contribution in [-0.4, -0.2) is 66.9 Å². The molecular formula is C35H39FN2O8S. The van der Waals surface area contributed by atoms with Gasteiger partial charge >= 0.3 is 5.97 Å². The number of rotatable bonds is 17. The summed E-state index contributed by atoms with van der Waals surface area (Å²) < 4.78 is 64.7. The van der Waals surface area contributed by atoms with Gasteiger partial charge < -0.3 is 23.9 Å². The van der Waals surface area contributed by atoms with Crippen molar-refractivity contribution in [3.63, 3.8) is 0 Å². The van der Waals surface area contributed by atoms with Gasteiger partial charge in [-0.25, -0.2) is 22.3 Å². The summed E-state index contributed by atoms with van der Waals surface area (Å²) in [6, 6.07) is 16.5. The molecule has 1 aromatic heterocycles. The van der Waals surface area contributed by atoms with Crippen LogP contribution < -0.4 is 10.0 Å². The molecule has 0 bridgehead atoms. The average Bonchev–Trinajstić information content (AvgIpc) is 3.84. The lowest BCUT2D eigenvalue weighted by atomic mass is 9.98. The Kier molecular flexibility index (Phi) is 11.4. The van der Waals surface area contributed by atoms with Crippen LogP contribution >= 0.6 is 0 Å². The van der Waals surface area contributed by atoms with Crippen LogP contribution in [0.1, 0.15) is 63.1 Å². The van der Waals surface area contributed by atoms with E-state index in [1.165, 1.54) is 19.2 Å². The lowest BCUT2D eigenvalue weighted by Crippen LogP contribution is -2.29. The summed E-state index contributed by atoms with van der Waals surface area (Å²) in [5.74, 6) is -0.863.